The van der Waals surface area contributed by atoms with Gasteiger partial charge < -0.3 is 0 Å². The van der Waals surface area contributed by atoms with E-state index in [1.54, 1.807) is 0 Å². The van der Waals surface area contributed by atoms with E-state index in [4.69, 9.17) is 0 Å². The van der Waals surface area contributed by atoms with E-state index in [9.17, 15) is 0 Å². The molecule has 1 rings (SSSR count). The second-order valence-corrected chi connectivity index (χ2v) is 7.18. The molecule has 0 aromatic rings. The molecular formula is C18H36. The van der Waals surface area contributed by atoms with Crippen molar-refractivity contribution in [3.8, 4) is 0 Å². The molecule has 3 unspecified atom stereocenters. The summed E-state index contributed by atoms with van der Waals surface area (Å²) in [6.07, 6.45) is 11.4. The topological polar surface area (TPSA) is 0 Å². The van der Waals surface area contributed by atoms with Gasteiger partial charge in [0.15, 0.2) is 0 Å². The van der Waals surface area contributed by atoms with Crippen molar-refractivity contribution in [1.82, 2.24) is 0 Å². The van der Waals surface area contributed by atoms with E-state index in [-0.39, 0.29) is 0 Å². The first-order valence-electron chi connectivity index (χ1n) is 8.48. The minimum Gasteiger partial charge on any atom is -0.0651 e. The molecule has 0 radical (unpaired) electrons. The van der Waals surface area contributed by atoms with Gasteiger partial charge in [-0.2, -0.15) is 0 Å². The summed E-state index contributed by atoms with van der Waals surface area (Å²) in [6, 6.07) is 0. The van der Waals surface area contributed by atoms with Crippen LogP contribution in [0, 0.1) is 22.7 Å². The zero-order chi connectivity index (χ0) is 13.8. The molecule has 18 heavy (non-hydrogen) atoms. The smallest absolute Gasteiger partial charge is 0.0277 e. The normalized spacial score (nSPS) is 29.3. The Labute approximate surface area is 116 Å². The van der Waals surface area contributed by atoms with Gasteiger partial charge in [-0.1, -0.05) is 73.6 Å². The Balaban J connectivity index is 2.39. The molecule has 108 valence electrons. The second kappa shape index (κ2) is 6.44. The Hall–Kier alpha value is 0. The van der Waals surface area contributed by atoms with Crippen molar-refractivity contribution in [3.05, 3.63) is 0 Å². The summed E-state index contributed by atoms with van der Waals surface area (Å²) >= 11 is 0. The van der Waals surface area contributed by atoms with Crippen LogP contribution in [0.1, 0.15) is 92.9 Å². The van der Waals surface area contributed by atoms with E-state index < -0.39 is 0 Å². The van der Waals surface area contributed by atoms with Crippen LogP contribution in [0.5, 0.6) is 0 Å². The van der Waals surface area contributed by atoms with Crippen molar-refractivity contribution in [2.75, 3.05) is 0 Å². The molecule has 0 spiro atoms. The Morgan fingerprint density at radius 2 is 1.78 bits per heavy atom. The molecule has 0 amide bonds. The fraction of sp³-hybridized carbons (Fsp3) is 1.00. The van der Waals surface area contributed by atoms with Crippen LogP contribution in [-0.2, 0) is 0 Å². The molecule has 1 saturated carbocycles. The zero-order valence-electron chi connectivity index (χ0n) is 13.8. The van der Waals surface area contributed by atoms with Gasteiger partial charge in [0.2, 0.25) is 0 Å². The van der Waals surface area contributed by atoms with E-state index in [0.29, 0.717) is 5.41 Å². The van der Waals surface area contributed by atoms with Crippen LogP contribution >= 0.6 is 0 Å². The van der Waals surface area contributed by atoms with Crippen LogP contribution in [-0.4, -0.2) is 0 Å². The Kier molecular flexibility index (Phi) is 5.74. The highest BCUT2D eigenvalue weighted by atomic mass is 14.5. The fourth-order valence-electron chi connectivity index (χ4n) is 4.07. The molecule has 1 aliphatic carbocycles. The van der Waals surface area contributed by atoms with Gasteiger partial charge in [0.05, 0.1) is 0 Å². The van der Waals surface area contributed by atoms with Crippen molar-refractivity contribution in [2.24, 2.45) is 22.7 Å². The van der Waals surface area contributed by atoms with Crippen LogP contribution < -0.4 is 0 Å². The molecule has 0 saturated heterocycles. The Morgan fingerprint density at radius 1 is 1.17 bits per heavy atom. The van der Waals surface area contributed by atoms with E-state index in [1.807, 2.05) is 0 Å². The fourth-order valence-corrected chi connectivity index (χ4v) is 4.07. The standard InChI is InChI=1S/C18H36/c1-7-15(5)18(9-3,10-4)13-11-12-16-14-17(16,6)8-2/h15-16H,7-14H2,1-6H3. The van der Waals surface area contributed by atoms with Gasteiger partial charge in [-0.25, -0.2) is 0 Å². The highest BCUT2D eigenvalue weighted by molar-refractivity contribution is 4.97. The molecule has 1 fully saturated rings. The third-order valence-corrected chi connectivity index (χ3v) is 6.64. The van der Waals surface area contributed by atoms with Crippen LogP contribution in [0.4, 0.5) is 0 Å². The molecule has 1 aliphatic rings. The third kappa shape index (κ3) is 3.31. The minimum absolute atomic E-state index is 0.631. The molecule has 0 bridgehead atoms. The molecule has 0 aromatic carbocycles. The largest absolute Gasteiger partial charge is 0.0651 e. The molecule has 3 atom stereocenters. The molecule has 0 aliphatic heterocycles. The van der Waals surface area contributed by atoms with Gasteiger partial charge in [-0.15, -0.1) is 0 Å². The predicted octanol–water partition coefficient (Wildman–Crippen LogP) is 6.45. The van der Waals surface area contributed by atoms with E-state index >= 15 is 0 Å². The first-order chi connectivity index (χ1) is 8.48. The highest BCUT2D eigenvalue weighted by Crippen LogP contribution is 2.57. The van der Waals surface area contributed by atoms with Gasteiger partial charge in [0.1, 0.15) is 0 Å². The minimum atomic E-state index is 0.631. The summed E-state index contributed by atoms with van der Waals surface area (Å²) in [5.41, 5.74) is 1.35. The second-order valence-electron chi connectivity index (χ2n) is 7.18. The number of hydrogen-bond donors (Lipinski definition) is 0. The van der Waals surface area contributed by atoms with Gasteiger partial charge >= 0.3 is 0 Å². The van der Waals surface area contributed by atoms with Gasteiger partial charge in [-0.3, -0.25) is 0 Å². The monoisotopic (exact) mass is 252 g/mol. The van der Waals surface area contributed by atoms with Crippen molar-refractivity contribution in [2.45, 2.75) is 92.9 Å². The van der Waals surface area contributed by atoms with Gasteiger partial charge in [0.25, 0.3) is 0 Å². The summed E-state index contributed by atoms with van der Waals surface area (Å²) in [5.74, 6) is 1.94. The van der Waals surface area contributed by atoms with E-state index in [2.05, 4.69) is 41.5 Å². The molecule has 0 heteroatoms. The van der Waals surface area contributed by atoms with Crippen molar-refractivity contribution >= 4 is 0 Å². The first kappa shape index (κ1) is 16.1. The quantitative estimate of drug-likeness (QED) is 0.442. The lowest BCUT2D eigenvalue weighted by atomic mass is 9.68. The van der Waals surface area contributed by atoms with Crippen molar-refractivity contribution < 1.29 is 0 Å². The predicted molar refractivity (Wildman–Crippen MR) is 82.8 cm³/mol. The Bertz CT molecular complexity index is 238. The van der Waals surface area contributed by atoms with Gasteiger partial charge in [0, 0.05) is 0 Å². The maximum absolute atomic E-state index is 2.49. The summed E-state index contributed by atoms with van der Waals surface area (Å²) < 4.78 is 0. The summed E-state index contributed by atoms with van der Waals surface area (Å²) in [4.78, 5) is 0. The number of hydrogen-bond acceptors (Lipinski definition) is 0. The molecule has 0 N–H and O–H groups in total. The molecule has 0 aromatic heterocycles. The summed E-state index contributed by atoms with van der Waals surface area (Å²) in [7, 11) is 0. The van der Waals surface area contributed by atoms with Crippen LogP contribution in [0.2, 0.25) is 0 Å². The first-order valence-corrected chi connectivity index (χ1v) is 8.48. The van der Waals surface area contributed by atoms with Gasteiger partial charge in [-0.05, 0) is 41.9 Å². The molecule has 0 heterocycles. The highest BCUT2D eigenvalue weighted by Gasteiger charge is 2.47. The van der Waals surface area contributed by atoms with Crippen molar-refractivity contribution in [1.29, 1.82) is 0 Å². The number of rotatable bonds is 9. The Morgan fingerprint density at radius 3 is 2.17 bits per heavy atom. The van der Waals surface area contributed by atoms with Crippen LogP contribution in [0.3, 0.4) is 0 Å². The lowest BCUT2D eigenvalue weighted by Gasteiger charge is -2.38. The molecule has 0 nitrogen and oxygen atoms in total. The molecular weight excluding hydrogens is 216 g/mol. The zero-order valence-corrected chi connectivity index (χ0v) is 13.8. The van der Waals surface area contributed by atoms with Crippen LogP contribution in [0.25, 0.3) is 0 Å². The van der Waals surface area contributed by atoms with E-state index in [0.717, 1.165) is 17.3 Å². The average Bonchev–Trinajstić information content (AvgIpc) is 3.06. The maximum Gasteiger partial charge on any atom is -0.0277 e. The van der Waals surface area contributed by atoms with E-state index in [1.165, 1.54) is 51.4 Å². The lowest BCUT2D eigenvalue weighted by molar-refractivity contribution is 0.130. The average molecular weight is 252 g/mol. The lowest BCUT2D eigenvalue weighted by Crippen LogP contribution is -2.27. The summed E-state index contributed by atoms with van der Waals surface area (Å²) in [6.45, 7) is 14.5. The SMILES string of the molecule is CCC(C)C(CC)(CC)CCCC1CC1(C)CC. The van der Waals surface area contributed by atoms with Crippen LogP contribution in [0.15, 0.2) is 0 Å². The van der Waals surface area contributed by atoms with Crippen molar-refractivity contribution in [3.63, 3.8) is 0 Å². The summed E-state index contributed by atoms with van der Waals surface area (Å²) in [5, 5.41) is 0. The third-order valence-electron chi connectivity index (χ3n) is 6.64. The maximum atomic E-state index is 2.49.